The van der Waals surface area contributed by atoms with E-state index >= 15 is 0 Å². The normalized spacial score (nSPS) is 14.3. The van der Waals surface area contributed by atoms with Crippen LogP contribution in [-0.2, 0) is 20.0 Å². The average molecular weight is 354 g/mol. The highest BCUT2D eigenvalue weighted by Crippen LogP contribution is 2.25. The first-order valence-corrected chi connectivity index (χ1v) is 8.85. The largest absolute Gasteiger partial charge is 0.320 e. The lowest BCUT2D eigenvalue weighted by molar-refractivity contribution is 0.102. The average Bonchev–Trinajstić information content (AvgIpc) is 3.21. The van der Waals surface area contributed by atoms with E-state index in [9.17, 15) is 4.79 Å². The lowest BCUT2D eigenvalue weighted by Gasteiger charge is -2.20. The van der Waals surface area contributed by atoms with Crippen molar-refractivity contribution in [2.45, 2.75) is 13.0 Å². The predicted molar refractivity (Wildman–Crippen MR) is 96.5 cm³/mol. The maximum absolute atomic E-state index is 12.5. The molecule has 2 aromatic heterocycles. The van der Waals surface area contributed by atoms with E-state index in [0.717, 1.165) is 42.3 Å². The van der Waals surface area contributed by atoms with Gasteiger partial charge in [-0.2, -0.15) is 0 Å². The van der Waals surface area contributed by atoms with E-state index in [0.29, 0.717) is 5.01 Å². The summed E-state index contributed by atoms with van der Waals surface area (Å²) in [5, 5.41) is 11.4. The van der Waals surface area contributed by atoms with E-state index in [2.05, 4.69) is 32.4 Å². The molecule has 0 unspecified atom stereocenters. The fourth-order valence-corrected chi connectivity index (χ4v) is 3.94. The molecule has 3 heterocycles. The van der Waals surface area contributed by atoms with E-state index < -0.39 is 0 Å². The van der Waals surface area contributed by atoms with E-state index in [1.165, 1.54) is 16.2 Å². The number of hydrogen-bond donors (Lipinski definition) is 1. The molecule has 3 aromatic rings. The van der Waals surface area contributed by atoms with E-state index in [1.807, 2.05) is 35.9 Å². The fraction of sp³-hybridized carbons (Fsp3) is 0.294. The number of aromatic nitrogens is 4. The maximum Gasteiger partial charge on any atom is 0.284 e. The lowest BCUT2D eigenvalue weighted by atomic mass is 10.2. The SMILES string of the molecule is CN1CCc2nc(C(=O)Nc3ccc(-c4nncn4C)cc3)sc2C1. The molecular weight excluding hydrogens is 336 g/mol. The maximum atomic E-state index is 12.5. The summed E-state index contributed by atoms with van der Waals surface area (Å²) < 4.78 is 1.85. The quantitative estimate of drug-likeness (QED) is 0.780. The second-order valence-electron chi connectivity index (χ2n) is 6.17. The number of benzene rings is 1. The molecule has 0 saturated heterocycles. The van der Waals surface area contributed by atoms with Crippen LogP contribution in [0.4, 0.5) is 5.69 Å². The number of thiazole rings is 1. The summed E-state index contributed by atoms with van der Waals surface area (Å²) in [5.41, 5.74) is 2.75. The highest BCUT2D eigenvalue weighted by molar-refractivity contribution is 7.13. The number of hydrogen-bond acceptors (Lipinski definition) is 6. The van der Waals surface area contributed by atoms with Gasteiger partial charge >= 0.3 is 0 Å². The minimum Gasteiger partial charge on any atom is -0.320 e. The zero-order valence-corrected chi connectivity index (χ0v) is 14.9. The summed E-state index contributed by atoms with van der Waals surface area (Å²) in [7, 11) is 3.98. The minimum absolute atomic E-state index is 0.159. The van der Waals surface area contributed by atoms with Gasteiger partial charge in [0.05, 0.1) is 5.69 Å². The van der Waals surface area contributed by atoms with Gasteiger partial charge in [0.2, 0.25) is 0 Å². The Hall–Kier alpha value is -2.58. The molecule has 0 bridgehead atoms. The van der Waals surface area contributed by atoms with Gasteiger partial charge in [0.15, 0.2) is 10.8 Å². The van der Waals surface area contributed by atoms with E-state index in [4.69, 9.17) is 0 Å². The summed E-state index contributed by atoms with van der Waals surface area (Å²) in [6.45, 7) is 1.86. The Morgan fingerprint density at radius 1 is 1.24 bits per heavy atom. The molecule has 1 amide bonds. The minimum atomic E-state index is -0.159. The zero-order chi connectivity index (χ0) is 17.4. The molecule has 0 atom stereocenters. The molecular formula is C17H18N6OS. The van der Waals surface area contributed by atoms with Crippen molar-refractivity contribution in [3.05, 3.63) is 46.2 Å². The third kappa shape index (κ3) is 3.18. The van der Waals surface area contributed by atoms with Crippen LogP contribution >= 0.6 is 11.3 Å². The Morgan fingerprint density at radius 3 is 2.76 bits per heavy atom. The third-order valence-corrected chi connectivity index (χ3v) is 5.31. The first-order chi connectivity index (χ1) is 12.1. The second kappa shape index (κ2) is 6.38. The van der Waals surface area contributed by atoms with Crippen LogP contribution in [0.2, 0.25) is 0 Å². The summed E-state index contributed by atoms with van der Waals surface area (Å²) in [6, 6.07) is 7.56. The Bertz CT molecular complexity index is 914. The predicted octanol–water partition coefficient (Wildman–Crippen LogP) is 2.18. The Labute approximate surface area is 149 Å². The molecule has 1 aliphatic heterocycles. The summed E-state index contributed by atoms with van der Waals surface area (Å²) in [6.07, 6.45) is 2.56. The summed E-state index contributed by atoms with van der Waals surface area (Å²) in [4.78, 5) is 20.4. The number of aryl methyl sites for hydroxylation is 1. The van der Waals surface area contributed by atoms with Gasteiger partial charge in [-0.15, -0.1) is 21.5 Å². The van der Waals surface area contributed by atoms with Crippen molar-refractivity contribution in [3.8, 4) is 11.4 Å². The van der Waals surface area contributed by atoms with Crippen LogP contribution in [0.3, 0.4) is 0 Å². The van der Waals surface area contributed by atoms with Gasteiger partial charge in [0, 0.05) is 42.7 Å². The number of carbonyl (C=O) groups excluding carboxylic acids is 1. The number of nitrogens with one attached hydrogen (secondary N) is 1. The van der Waals surface area contributed by atoms with Crippen LogP contribution in [0.15, 0.2) is 30.6 Å². The van der Waals surface area contributed by atoms with Gasteiger partial charge < -0.3 is 14.8 Å². The van der Waals surface area contributed by atoms with Crippen molar-refractivity contribution >= 4 is 22.9 Å². The zero-order valence-electron chi connectivity index (χ0n) is 14.1. The molecule has 1 aliphatic rings. The molecule has 25 heavy (non-hydrogen) atoms. The molecule has 4 rings (SSSR count). The monoisotopic (exact) mass is 354 g/mol. The Balaban J connectivity index is 1.49. The van der Waals surface area contributed by atoms with E-state index in [-0.39, 0.29) is 5.91 Å². The fourth-order valence-electron chi connectivity index (χ4n) is 2.85. The van der Waals surface area contributed by atoms with Crippen molar-refractivity contribution < 1.29 is 4.79 Å². The highest BCUT2D eigenvalue weighted by Gasteiger charge is 2.21. The summed E-state index contributed by atoms with van der Waals surface area (Å²) >= 11 is 1.48. The highest BCUT2D eigenvalue weighted by atomic mass is 32.1. The Morgan fingerprint density at radius 2 is 2.04 bits per heavy atom. The van der Waals surface area contributed by atoms with Crippen molar-refractivity contribution in [2.75, 3.05) is 18.9 Å². The summed E-state index contributed by atoms with van der Waals surface area (Å²) in [5.74, 6) is 0.628. The van der Waals surface area contributed by atoms with Gasteiger partial charge in [0.1, 0.15) is 6.33 Å². The smallest absolute Gasteiger partial charge is 0.284 e. The van der Waals surface area contributed by atoms with Crippen molar-refractivity contribution in [2.24, 2.45) is 7.05 Å². The van der Waals surface area contributed by atoms with Crippen LogP contribution < -0.4 is 5.32 Å². The van der Waals surface area contributed by atoms with Crippen molar-refractivity contribution in [1.29, 1.82) is 0 Å². The number of nitrogens with zero attached hydrogens (tertiary/aromatic N) is 5. The molecule has 7 nitrogen and oxygen atoms in total. The van der Waals surface area contributed by atoms with Gasteiger partial charge in [-0.1, -0.05) is 0 Å². The first-order valence-electron chi connectivity index (χ1n) is 8.03. The molecule has 0 fully saturated rings. The molecule has 8 heteroatoms. The van der Waals surface area contributed by atoms with Gasteiger partial charge in [0.25, 0.3) is 5.91 Å². The number of rotatable bonds is 3. The standard InChI is InChI=1S/C17H18N6OS/c1-22-8-7-13-14(9-22)25-17(20-13)16(24)19-12-5-3-11(4-6-12)15-21-18-10-23(15)2/h3-6,10H,7-9H2,1-2H3,(H,19,24). The molecule has 1 aromatic carbocycles. The van der Waals surface area contributed by atoms with Crippen LogP contribution in [-0.4, -0.2) is 44.1 Å². The van der Waals surface area contributed by atoms with Crippen LogP contribution in [0, 0.1) is 0 Å². The molecule has 0 aliphatic carbocycles. The van der Waals surface area contributed by atoms with Crippen LogP contribution in [0.25, 0.3) is 11.4 Å². The topological polar surface area (TPSA) is 75.9 Å². The first kappa shape index (κ1) is 15.9. The number of amides is 1. The Kier molecular flexibility index (Phi) is 4.06. The molecule has 0 radical (unpaired) electrons. The number of fused-ring (bicyclic) bond motifs is 1. The number of anilines is 1. The van der Waals surface area contributed by atoms with E-state index in [1.54, 1.807) is 6.33 Å². The van der Waals surface area contributed by atoms with Crippen LogP contribution in [0.1, 0.15) is 20.4 Å². The number of carbonyl (C=O) groups is 1. The third-order valence-electron chi connectivity index (χ3n) is 4.23. The molecule has 0 spiro atoms. The molecule has 0 saturated carbocycles. The molecule has 1 N–H and O–H groups in total. The van der Waals surface area contributed by atoms with Gasteiger partial charge in [-0.25, -0.2) is 4.98 Å². The van der Waals surface area contributed by atoms with Crippen molar-refractivity contribution in [3.63, 3.8) is 0 Å². The van der Waals surface area contributed by atoms with Gasteiger partial charge in [-0.3, -0.25) is 4.79 Å². The van der Waals surface area contributed by atoms with Crippen LogP contribution in [0.5, 0.6) is 0 Å². The lowest BCUT2D eigenvalue weighted by Crippen LogP contribution is -2.25. The van der Waals surface area contributed by atoms with Crippen molar-refractivity contribution in [1.82, 2.24) is 24.6 Å². The molecule has 128 valence electrons. The second-order valence-corrected chi connectivity index (χ2v) is 7.26. The van der Waals surface area contributed by atoms with Gasteiger partial charge in [-0.05, 0) is 31.3 Å². The number of likely N-dealkylation sites (N-methyl/N-ethyl adjacent to an activating group) is 1.